The Morgan fingerprint density at radius 1 is 0.952 bits per heavy atom. The molecule has 21 heavy (non-hydrogen) atoms. The predicted octanol–water partition coefficient (Wildman–Crippen LogP) is 3.07. The largest absolute Gasteiger partial charge is 0.271 e. The lowest BCUT2D eigenvalue weighted by atomic mass is 9.95. The molecule has 0 saturated heterocycles. The Kier molecular flexibility index (Phi) is 3.60. The third-order valence-corrected chi connectivity index (χ3v) is 3.45. The molecule has 2 aromatic carbocycles. The molecule has 3 N–H and O–H groups in total. The lowest BCUT2D eigenvalue weighted by molar-refractivity contribution is 0.483. The van der Waals surface area contributed by atoms with Gasteiger partial charge >= 0.3 is 0 Å². The first-order valence-electron chi connectivity index (χ1n) is 6.46. The van der Waals surface area contributed by atoms with Crippen LogP contribution >= 0.6 is 0 Å². The van der Waals surface area contributed by atoms with E-state index >= 15 is 0 Å². The summed E-state index contributed by atoms with van der Waals surface area (Å²) in [5.41, 5.74) is 4.23. The number of hydrazine groups is 1. The van der Waals surface area contributed by atoms with Crippen LogP contribution in [0.2, 0.25) is 0 Å². The highest BCUT2D eigenvalue weighted by molar-refractivity contribution is 5.83. The van der Waals surface area contributed by atoms with Crippen molar-refractivity contribution < 1.29 is 8.78 Å². The molecule has 0 radical (unpaired) electrons. The van der Waals surface area contributed by atoms with Gasteiger partial charge in [-0.25, -0.2) is 14.2 Å². The fourth-order valence-electron chi connectivity index (χ4n) is 2.47. The van der Waals surface area contributed by atoms with Gasteiger partial charge in [0, 0.05) is 17.1 Å². The summed E-state index contributed by atoms with van der Waals surface area (Å²) in [4.78, 5) is 4.26. The van der Waals surface area contributed by atoms with Crippen LogP contribution in [0, 0.1) is 11.6 Å². The minimum Gasteiger partial charge on any atom is -0.271 e. The van der Waals surface area contributed by atoms with Gasteiger partial charge < -0.3 is 0 Å². The van der Waals surface area contributed by atoms with Gasteiger partial charge in [-0.2, -0.15) is 0 Å². The van der Waals surface area contributed by atoms with Crippen LogP contribution in [0.1, 0.15) is 17.2 Å². The molecule has 0 spiro atoms. The monoisotopic (exact) mass is 285 g/mol. The van der Waals surface area contributed by atoms with Crippen molar-refractivity contribution in [1.29, 1.82) is 0 Å². The molecule has 1 unspecified atom stereocenters. The number of rotatable bonds is 3. The number of benzene rings is 2. The first-order valence-corrected chi connectivity index (χ1v) is 6.46. The molecule has 1 heterocycles. The number of nitrogens with one attached hydrogen (secondary N) is 1. The van der Waals surface area contributed by atoms with Crippen molar-refractivity contribution in [3.8, 4) is 0 Å². The lowest BCUT2D eigenvalue weighted by Crippen LogP contribution is -2.30. The predicted molar refractivity (Wildman–Crippen MR) is 77.3 cm³/mol. The van der Waals surface area contributed by atoms with Crippen molar-refractivity contribution in [1.82, 2.24) is 10.4 Å². The second-order valence-corrected chi connectivity index (χ2v) is 4.66. The van der Waals surface area contributed by atoms with Crippen LogP contribution in [0.5, 0.6) is 0 Å². The maximum absolute atomic E-state index is 14.0. The first kappa shape index (κ1) is 13.6. The van der Waals surface area contributed by atoms with Crippen LogP contribution in [0.25, 0.3) is 10.9 Å². The third-order valence-electron chi connectivity index (χ3n) is 3.45. The summed E-state index contributed by atoms with van der Waals surface area (Å²) in [5.74, 6) is 3.79. The molecule has 0 aliphatic heterocycles. The van der Waals surface area contributed by atoms with E-state index in [2.05, 4.69) is 10.4 Å². The van der Waals surface area contributed by atoms with Crippen LogP contribution in [-0.2, 0) is 0 Å². The van der Waals surface area contributed by atoms with Crippen molar-refractivity contribution in [3.63, 3.8) is 0 Å². The number of fused-ring (bicyclic) bond motifs is 1. The second kappa shape index (κ2) is 5.55. The van der Waals surface area contributed by atoms with E-state index in [4.69, 9.17) is 5.84 Å². The quantitative estimate of drug-likeness (QED) is 0.574. The fourth-order valence-corrected chi connectivity index (χ4v) is 2.47. The first-order chi connectivity index (χ1) is 10.2. The third kappa shape index (κ3) is 2.37. The Bertz CT molecular complexity index is 784. The van der Waals surface area contributed by atoms with Crippen LogP contribution < -0.4 is 11.3 Å². The van der Waals surface area contributed by atoms with E-state index in [1.54, 1.807) is 12.3 Å². The van der Waals surface area contributed by atoms with Crippen LogP contribution in [-0.4, -0.2) is 4.98 Å². The van der Waals surface area contributed by atoms with Crippen LogP contribution in [0.4, 0.5) is 8.78 Å². The van der Waals surface area contributed by atoms with Gasteiger partial charge in [-0.05, 0) is 23.8 Å². The van der Waals surface area contributed by atoms with Gasteiger partial charge in [0.1, 0.15) is 0 Å². The Morgan fingerprint density at radius 3 is 2.52 bits per heavy atom. The normalized spacial score (nSPS) is 12.5. The molecule has 5 heteroatoms. The Morgan fingerprint density at radius 2 is 1.71 bits per heavy atom. The molecule has 3 aromatic rings. The highest BCUT2D eigenvalue weighted by Crippen LogP contribution is 2.29. The van der Waals surface area contributed by atoms with Crippen molar-refractivity contribution in [2.75, 3.05) is 0 Å². The highest BCUT2D eigenvalue weighted by atomic mass is 19.2. The molecular formula is C16H13F2N3. The van der Waals surface area contributed by atoms with Gasteiger partial charge in [-0.15, -0.1) is 0 Å². The summed E-state index contributed by atoms with van der Waals surface area (Å²) < 4.78 is 27.5. The minimum atomic E-state index is -0.902. The van der Waals surface area contributed by atoms with Gasteiger partial charge in [0.2, 0.25) is 0 Å². The molecule has 106 valence electrons. The standard InChI is InChI=1S/C16H13F2N3/c17-13-7-1-5-12(15(13)18)16(21-19)11-4-2-8-14-10(11)6-3-9-20-14/h1-9,16,21H,19H2. The van der Waals surface area contributed by atoms with Gasteiger partial charge in [0.05, 0.1) is 11.6 Å². The summed E-state index contributed by atoms with van der Waals surface area (Å²) >= 11 is 0. The van der Waals surface area contributed by atoms with Gasteiger partial charge in [-0.3, -0.25) is 10.8 Å². The zero-order chi connectivity index (χ0) is 14.8. The Balaban J connectivity index is 2.21. The molecular weight excluding hydrogens is 272 g/mol. The maximum atomic E-state index is 14.0. The Hall–Kier alpha value is -2.37. The number of pyridine rings is 1. The second-order valence-electron chi connectivity index (χ2n) is 4.66. The molecule has 0 bridgehead atoms. The molecule has 1 atom stereocenters. The van der Waals surface area contributed by atoms with Gasteiger partial charge in [-0.1, -0.05) is 30.3 Å². The van der Waals surface area contributed by atoms with E-state index in [9.17, 15) is 8.78 Å². The fraction of sp³-hybridized carbons (Fsp3) is 0.0625. The number of aromatic nitrogens is 1. The van der Waals surface area contributed by atoms with Gasteiger partial charge in [0.15, 0.2) is 11.6 Å². The SMILES string of the molecule is NNC(c1cccc(F)c1F)c1cccc2ncccc12. The smallest absolute Gasteiger partial charge is 0.163 e. The van der Waals surface area contributed by atoms with Crippen molar-refractivity contribution in [2.45, 2.75) is 6.04 Å². The van der Waals surface area contributed by atoms with Crippen LogP contribution in [0.15, 0.2) is 54.7 Å². The van der Waals surface area contributed by atoms with E-state index in [0.29, 0.717) is 0 Å². The molecule has 0 amide bonds. The summed E-state index contributed by atoms with van der Waals surface area (Å²) in [6.45, 7) is 0. The molecule has 0 aliphatic carbocycles. The van der Waals surface area contributed by atoms with E-state index in [0.717, 1.165) is 22.5 Å². The van der Waals surface area contributed by atoms with E-state index in [-0.39, 0.29) is 5.56 Å². The lowest BCUT2D eigenvalue weighted by Gasteiger charge is -2.19. The zero-order valence-electron chi connectivity index (χ0n) is 11.1. The molecule has 0 fully saturated rings. The maximum Gasteiger partial charge on any atom is 0.163 e. The average molecular weight is 285 g/mol. The number of halogens is 2. The zero-order valence-corrected chi connectivity index (χ0v) is 11.1. The number of nitrogens with zero attached hydrogens (tertiary/aromatic N) is 1. The summed E-state index contributed by atoms with van der Waals surface area (Å²) in [6.07, 6.45) is 1.68. The van der Waals surface area contributed by atoms with E-state index in [1.165, 1.54) is 12.1 Å². The summed E-state index contributed by atoms with van der Waals surface area (Å²) in [7, 11) is 0. The van der Waals surface area contributed by atoms with E-state index < -0.39 is 17.7 Å². The summed E-state index contributed by atoms with van der Waals surface area (Å²) in [5, 5.41) is 0.839. The topological polar surface area (TPSA) is 50.9 Å². The minimum absolute atomic E-state index is 0.161. The van der Waals surface area contributed by atoms with Gasteiger partial charge in [0.25, 0.3) is 0 Å². The molecule has 1 aromatic heterocycles. The molecule has 0 saturated carbocycles. The highest BCUT2D eigenvalue weighted by Gasteiger charge is 2.20. The Labute approximate surface area is 120 Å². The molecule has 3 rings (SSSR count). The van der Waals surface area contributed by atoms with Crippen molar-refractivity contribution >= 4 is 10.9 Å². The molecule has 0 aliphatic rings. The van der Waals surface area contributed by atoms with Crippen LogP contribution in [0.3, 0.4) is 0 Å². The average Bonchev–Trinajstić information content (AvgIpc) is 2.52. The summed E-state index contributed by atoms with van der Waals surface area (Å²) in [6, 6.07) is 12.5. The molecule has 3 nitrogen and oxygen atoms in total. The van der Waals surface area contributed by atoms with E-state index in [1.807, 2.05) is 24.3 Å². The van der Waals surface area contributed by atoms with Crippen molar-refractivity contribution in [2.24, 2.45) is 5.84 Å². The number of hydrogen-bond donors (Lipinski definition) is 2. The van der Waals surface area contributed by atoms with Crippen molar-refractivity contribution in [3.05, 3.63) is 77.5 Å². The number of nitrogens with two attached hydrogens (primary N) is 1. The number of hydrogen-bond acceptors (Lipinski definition) is 3.